The van der Waals surface area contributed by atoms with Crippen molar-refractivity contribution in [2.75, 3.05) is 56.4 Å². The first-order chi connectivity index (χ1) is 15.3. The van der Waals surface area contributed by atoms with Gasteiger partial charge in [0.15, 0.2) is 0 Å². The quantitative estimate of drug-likeness (QED) is 0.314. The first kappa shape index (κ1) is 30.6. The van der Waals surface area contributed by atoms with Crippen LogP contribution < -0.4 is 7.16 Å². The number of hydrogen-bond donors (Lipinski definition) is 0. The van der Waals surface area contributed by atoms with E-state index in [1.165, 1.54) is 3.58 Å². The maximum atomic E-state index is 3.93. The molecule has 2 aromatic carbocycles. The molecule has 0 aliphatic carbocycles. The molecule has 0 saturated heterocycles. The molecule has 0 heterocycles. The first-order valence-corrected chi connectivity index (χ1v) is 23.1. The Labute approximate surface area is 214 Å². The van der Waals surface area contributed by atoms with Crippen LogP contribution >= 0.6 is 0 Å². The van der Waals surface area contributed by atoms with E-state index in [0.717, 1.165) is 4.44 Å². The van der Waals surface area contributed by atoms with E-state index in [1.807, 2.05) is 0 Å². The second-order valence-electron chi connectivity index (χ2n) is 10.5. The Bertz CT molecular complexity index is 812. The normalized spacial score (nSPS) is 12.8. The van der Waals surface area contributed by atoms with E-state index < -0.39 is 37.8 Å². The summed E-state index contributed by atoms with van der Waals surface area (Å²) in [6, 6.07) is 21.9. The van der Waals surface area contributed by atoms with Gasteiger partial charge in [0.05, 0.1) is 0 Å². The Balaban J connectivity index is 0.000000331. The minimum absolute atomic E-state index is 0.322. The third kappa shape index (κ3) is 6.64. The van der Waals surface area contributed by atoms with Crippen molar-refractivity contribution in [2.24, 2.45) is 0 Å². The predicted molar refractivity (Wildman–Crippen MR) is 153 cm³/mol. The number of rotatable bonds is 8. The summed E-state index contributed by atoms with van der Waals surface area (Å²) in [5.74, 6) is 0. The molecule has 0 saturated carbocycles. The standard InChI is InChI=1S/2C6H5.C4H9.C3H5.4C2H6N.2Sn/c2*1-2-4-6-5-3-1;1-4(2)3;5*1-3-2;;/h2*1-5H;1-3H3;3H,1-2H2;4*1-2H3;;/q;;;;4*-1;2*+2. The van der Waals surface area contributed by atoms with Crippen LogP contribution in [0.15, 0.2) is 73.3 Å². The summed E-state index contributed by atoms with van der Waals surface area (Å²) in [7, 11) is 17.8. The molecule has 6 heteroatoms. The molecule has 0 aromatic heterocycles. The van der Waals surface area contributed by atoms with Crippen molar-refractivity contribution in [3.05, 3.63) is 73.3 Å². The monoisotopic (exact) mass is 668 g/mol. The zero-order valence-electron chi connectivity index (χ0n) is 23.1. The molecule has 0 unspecified atom stereocenters. The van der Waals surface area contributed by atoms with Crippen LogP contribution in [0.25, 0.3) is 0 Å². The van der Waals surface area contributed by atoms with Gasteiger partial charge in [-0.1, -0.05) is 0 Å². The fraction of sp³-hybridized carbons (Fsp3) is 0.481. The van der Waals surface area contributed by atoms with E-state index in [1.54, 1.807) is 3.58 Å². The molecule has 2 aromatic rings. The molecule has 4 nitrogen and oxygen atoms in total. The Kier molecular flexibility index (Phi) is 12.1. The van der Waals surface area contributed by atoms with Gasteiger partial charge < -0.3 is 0 Å². The Morgan fingerprint density at radius 2 is 1.00 bits per heavy atom. The van der Waals surface area contributed by atoms with Gasteiger partial charge in [0.2, 0.25) is 0 Å². The van der Waals surface area contributed by atoms with Crippen LogP contribution in [-0.2, 0) is 0 Å². The Hall–Kier alpha value is -0.383. The van der Waals surface area contributed by atoms with Crippen molar-refractivity contribution in [2.45, 2.75) is 28.6 Å². The van der Waals surface area contributed by atoms with Gasteiger partial charge in [0.1, 0.15) is 0 Å². The summed E-state index contributed by atoms with van der Waals surface area (Å²) in [4.78, 5) is 0. The number of benzene rings is 2. The molecule has 0 N–H and O–H groups in total. The SMILES string of the molecule is C=C[CH2][Sn]([c]1ccccc1)([N](C)C)[N](C)C.C[N](C)[Sn]([c]1ccccc1)([N](C)C)[C](C)(C)C. The second-order valence-corrected chi connectivity index (χ2v) is 38.0. The molecule has 33 heavy (non-hydrogen) atoms. The van der Waals surface area contributed by atoms with E-state index in [2.05, 4.69) is 163 Å². The van der Waals surface area contributed by atoms with E-state index in [9.17, 15) is 0 Å². The molecule has 0 amide bonds. The molecule has 0 bridgehead atoms. The van der Waals surface area contributed by atoms with Crippen LogP contribution in [0.3, 0.4) is 0 Å². The Morgan fingerprint density at radius 3 is 1.27 bits per heavy atom. The van der Waals surface area contributed by atoms with Gasteiger partial charge in [0.25, 0.3) is 0 Å². The second kappa shape index (κ2) is 13.1. The zero-order chi connectivity index (χ0) is 25.4. The average molecular weight is 666 g/mol. The molecule has 0 radical (unpaired) electrons. The van der Waals surface area contributed by atoms with E-state index in [0.29, 0.717) is 3.43 Å². The van der Waals surface area contributed by atoms with Gasteiger partial charge in [-0.2, -0.15) is 0 Å². The molecule has 0 spiro atoms. The van der Waals surface area contributed by atoms with Crippen LogP contribution in [0.1, 0.15) is 20.8 Å². The van der Waals surface area contributed by atoms with Crippen LogP contribution in [0.4, 0.5) is 0 Å². The number of nitrogens with zero attached hydrogens (tertiary/aromatic N) is 4. The average Bonchev–Trinajstić information content (AvgIpc) is 2.72. The summed E-state index contributed by atoms with van der Waals surface area (Å²) in [6.45, 7) is 11.1. The molecule has 0 fully saturated rings. The van der Waals surface area contributed by atoms with Crippen LogP contribution in [0, 0.1) is 0 Å². The third-order valence-corrected chi connectivity index (χ3v) is 37.8. The molecule has 0 aliphatic rings. The van der Waals surface area contributed by atoms with E-state index >= 15 is 0 Å². The molecular formula is C27H48N4Sn2. The molecule has 0 atom stereocenters. The number of allylic oxidation sites excluding steroid dienone is 1. The van der Waals surface area contributed by atoms with Gasteiger partial charge >= 0.3 is 216 Å². The van der Waals surface area contributed by atoms with Gasteiger partial charge in [0, 0.05) is 0 Å². The van der Waals surface area contributed by atoms with Crippen molar-refractivity contribution in [1.82, 2.24) is 12.5 Å². The minimum atomic E-state index is -2.76. The van der Waals surface area contributed by atoms with Crippen LogP contribution in [-0.4, -0.2) is 107 Å². The maximum absolute atomic E-state index is 3.93. The van der Waals surface area contributed by atoms with Gasteiger partial charge in [-0.25, -0.2) is 0 Å². The predicted octanol–water partition coefficient (Wildman–Crippen LogP) is 3.90. The third-order valence-electron chi connectivity index (χ3n) is 6.66. The van der Waals surface area contributed by atoms with Crippen molar-refractivity contribution in [3.63, 3.8) is 0 Å². The van der Waals surface area contributed by atoms with E-state index in [-0.39, 0.29) is 0 Å². The molecule has 184 valence electrons. The topological polar surface area (TPSA) is 13.0 Å². The summed E-state index contributed by atoms with van der Waals surface area (Å²) < 4.78 is 14.4. The van der Waals surface area contributed by atoms with Crippen LogP contribution in [0.2, 0.25) is 7.87 Å². The van der Waals surface area contributed by atoms with E-state index in [4.69, 9.17) is 0 Å². The number of hydrogen-bond acceptors (Lipinski definition) is 4. The molecular weight excluding hydrogens is 618 g/mol. The van der Waals surface area contributed by atoms with Crippen molar-refractivity contribution in [1.29, 1.82) is 0 Å². The van der Waals surface area contributed by atoms with Gasteiger partial charge in [-0.3, -0.25) is 0 Å². The summed E-state index contributed by atoms with van der Waals surface area (Å²) in [6.07, 6.45) is 2.07. The first-order valence-electron chi connectivity index (χ1n) is 11.7. The van der Waals surface area contributed by atoms with Crippen LogP contribution in [0.5, 0.6) is 0 Å². The molecule has 0 aliphatic heterocycles. The van der Waals surface area contributed by atoms with Gasteiger partial charge in [-0.05, 0) is 0 Å². The Morgan fingerprint density at radius 1 is 0.636 bits per heavy atom. The van der Waals surface area contributed by atoms with Crippen molar-refractivity contribution >= 4 is 45.0 Å². The summed E-state index contributed by atoms with van der Waals surface area (Å²) in [5, 5.41) is 0. The summed E-state index contributed by atoms with van der Waals surface area (Å²) >= 11 is -5.39. The van der Waals surface area contributed by atoms with Crippen molar-refractivity contribution in [3.8, 4) is 0 Å². The fourth-order valence-corrected chi connectivity index (χ4v) is 34.1. The molecule has 2 rings (SSSR count). The summed E-state index contributed by atoms with van der Waals surface area (Å²) in [5.41, 5.74) is 0. The zero-order valence-corrected chi connectivity index (χ0v) is 28.8. The van der Waals surface area contributed by atoms with Crippen molar-refractivity contribution < 1.29 is 0 Å². The van der Waals surface area contributed by atoms with Gasteiger partial charge in [-0.15, -0.1) is 0 Å². The fourth-order valence-electron chi connectivity index (χ4n) is 5.67.